The van der Waals surface area contributed by atoms with E-state index in [0.717, 1.165) is 19.3 Å². The van der Waals surface area contributed by atoms with E-state index >= 15 is 0 Å². The first kappa shape index (κ1) is 10.5. The zero-order chi connectivity index (χ0) is 10.2. The van der Waals surface area contributed by atoms with Crippen molar-refractivity contribution in [2.24, 2.45) is 0 Å². The van der Waals surface area contributed by atoms with Crippen LogP contribution in [0, 0.1) is 0 Å². The Hall–Kier alpha value is -1.61. The van der Waals surface area contributed by atoms with E-state index in [1.54, 1.807) is 24.3 Å². The van der Waals surface area contributed by atoms with Gasteiger partial charge < -0.3 is 9.47 Å². The van der Waals surface area contributed by atoms with Crippen LogP contribution in [-0.2, 0) is 9.53 Å². The molecule has 0 N–H and O–H groups in total. The molecule has 0 spiro atoms. The molecule has 74 valence electrons. The van der Waals surface area contributed by atoms with Crippen LogP contribution >= 0.6 is 0 Å². The van der Waals surface area contributed by atoms with Gasteiger partial charge in [0.1, 0.15) is 5.75 Å². The second-order valence-electron chi connectivity index (χ2n) is 2.55. The van der Waals surface area contributed by atoms with E-state index in [2.05, 4.69) is 11.3 Å². The highest BCUT2D eigenvalue weighted by atomic mass is 16.6. The average Bonchev–Trinajstić information content (AvgIpc) is 3.06. The molecule has 1 heterocycles. The zero-order valence-electron chi connectivity index (χ0n) is 7.81. The minimum absolute atomic E-state index is 0.434. The summed E-state index contributed by atoms with van der Waals surface area (Å²) in [6.45, 7) is 5.28. The van der Waals surface area contributed by atoms with Gasteiger partial charge in [0.25, 0.3) is 0 Å². The Balaban J connectivity index is 0.000000276. The number of carbonyl (C=O) groups excluding carboxylic acids is 1. The standard InChI is InChI=1S/C9H8O2.C2H4O/c1-2-9(10)11-8-6-4-3-5-7-8;1-2-3-1/h2-7H,1H2;1-2H2. The van der Waals surface area contributed by atoms with Crippen LogP contribution in [0.5, 0.6) is 5.75 Å². The molecule has 2 rings (SSSR count). The number of epoxide rings is 1. The summed E-state index contributed by atoms with van der Waals surface area (Å²) >= 11 is 0. The Bertz CT molecular complexity index is 288. The summed E-state index contributed by atoms with van der Waals surface area (Å²) in [6.07, 6.45) is 1.13. The second kappa shape index (κ2) is 5.94. The molecule has 3 heteroatoms. The van der Waals surface area contributed by atoms with Gasteiger partial charge in [-0.2, -0.15) is 0 Å². The number of benzene rings is 1. The fourth-order valence-electron chi connectivity index (χ4n) is 0.646. The van der Waals surface area contributed by atoms with Gasteiger partial charge in [0.15, 0.2) is 0 Å². The highest BCUT2D eigenvalue weighted by Crippen LogP contribution is 2.07. The number of ether oxygens (including phenoxy) is 2. The number of para-hydroxylation sites is 1. The van der Waals surface area contributed by atoms with E-state index in [-0.39, 0.29) is 0 Å². The summed E-state index contributed by atoms with van der Waals surface area (Å²) in [5.41, 5.74) is 0. The van der Waals surface area contributed by atoms with Gasteiger partial charge in [-0.25, -0.2) is 4.79 Å². The molecule has 3 nitrogen and oxygen atoms in total. The molecule has 1 saturated heterocycles. The predicted octanol–water partition coefficient (Wildman–Crippen LogP) is 1.79. The summed E-state index contributed by atoms with van der Waals surface area (Å²) in [7, 11) is 0. The van der Waals surface area contributed by atoms with Crippen molar-refractivity contribution in [3.63, 3.8) is 0 Å². The third-order valence-corrected chi connectivity index (χ3v) is 1.33. The average molecular weight is 192 g/mol. The highest BCUT2D eigenvalue weighted by Gasteiger charge is 1.95. The van der Waals surface area contributed by atoms with Crippen molar-refractivity contribution in [1.82, 2.24) is 0 Å². The zero-order valence-corrected chi connectivity index (χ0v) is 7.81. The maximum absolute atomic E-state index is 10.6. The minimum Gasteiger partial charge on any atom is -0.423 e. The maximum Gasteiger partial charge on any atom is 0.335 e. The van der Waals surface area contributed by atoms with Crippen LogP contribution in [0.4, 0.5) is 0 Å². The van der Waals surface area contributed by atoms with Crippen LogP contribution in [-0.4, -0.2) is 19.2 Å². The van der Waals surface area contributed by atoms with Crippen LogP contribution < -0.4 is 4.74 Å². The van der Waals surface area contributed by atoms with Crippen LogP contribution in [0.25, 0.3) is 0 Å². The van der Waals surface area contributed by atoms with Crippen molar-refractivity contribution in [2.45, 2.75) is 0 Å². The molecule has 0 unspecified atom stereocenters. The molecule has 1 aliphatic heterocycles. The molecule has 0 bridgehead atoms. The molecule has 0 aliphatic carbocycles. The second-order valence-corrected chi connectivity index (χ2v) is 2.55. The Kier molecular flexibility index (Phi) is 4.44. The number of hydrogen-bond donors (Lipinski definition) is 0. The smallest absolute Gasteiger partial charge is 0.335 e. The lowest BCUT2D eigenvalue weighted by Crippen LogP contribution is -2.02. The van der Waals surface area contributed by atoms with Crippen molar-refractivity contribution >= 4 is 5.97 Å². The van der Waals surface area contributed by atoms with Crippen LogP contribution in [0.2, 0.25) is 0 Å². The lowest BCUT2D eigenvalue weighted by Gasteiger charge is -1.98. The topological polar surface area (TPSA) is 38.8 Å². The summed E-state index contributed by atoms with van der Waals surface area (Å²) in [6, 6.07) is 8.87. The molecule has 0 saturated carbocycles. The number of carbonyl (C=O) groups is 1. The molecular formula is C11H12O3. The van der Waals surface area contributed by atoms with Crippen LogP contribution in [0.1, 0.15) is 0 Å². The van der Waals surface area contributed by atoms with E-state index in [1.165, 1.54) is 0 Å². The van der Waals surface area contributed by atoms with E-state index in [4.69, 9.17) is 4.74 Å². The molecule has 1 fully saturated rings. The van der Waals surface area contributed by atoms with Gasteiger partial charge >= 0.3 is 5.97 Å². The monoisotopic (exact) mass is 192 g/mol. The Morgan fingerprint density at radius 3 is 2.36 bits per heavy atom. The molecule has 1 aromatic rings. The molecule has 1 aliphatic rings. The first-order valence-corrected chi connectivity index (χ1v) is 4.30. The third kappa shape index (κ3) is 5.11. The van der Waals surface area contributed by atoms with Crippen molar-refractivity contribution in [3.05, 3.63) is 43.0 Å². The summed E-state index contributed by atoms with van der Waals surface area (Å²) < 4.78 is 9.31. The largest absolute Gasteiger partial charge is 0.423 e. The van der Waals surface area contributed by atoms with Gasteiger partial charge in [0, 0.05) is 6.08 Å². The van der Waals surface area contributed by atoms with Gasteiger partial charge in [-0.05, 0) is 12.1 Å². The number of rotatable bonds is 2. The quantitative estimate of drug-likeness (QED) is 0.310. The molecule has 14 heavy (non-hydrogen) atoms. The predicted molar refractivity (Wildman–Crippen MR) is 53.1 cm³/mol. The van der Waals surface area contributed by atoms with Gasteiger partial charge in [-0.15, -0.1) is 0 Å². The van der Waals surface area contributed by atoms with E-state index < -0.39 is 5.97 Å². The van der Waals surface area contributed by atoms with Gasteiger partial charge in [-0.3, -0.25) is 0 Å². The van der Waals surface area contributed by atoms with Gasteiger partial charge in [0.05, 0.1) is 13.2 Å². The third-order valence-electron chi connectivity index (χ3n) is 1.33. The molecular weight excluding hydrogens is 180 g/mol. The molecule has 0 radical (unpaired) electrons. The summed E-state index contributed by atoms with van der Waals surface area (Å²) in [5.74, 6) is 0.105. The number of esters is 1. The van der Waals surface area contributed by atoms with E-state index in [9.17, 15) is 4.79 Å². The van der Waals surface area contributed by atoms with E-state index in [1.807, 2.05) is 6.07 Å². The number of hydrogen-bond acceptors (Lipinski definition) is 3. The van der Waals surface area contributed by atoms with Crippen molar-refractivity contribution in [2.75, 3.05) is 13.2 Å². The van der Waals surface area contributed by atoms with E-state index in [0.29, 0.717) is 5.75 Å². The fraction of sp³-hybridized carbons (Fsp3) is 0.182. The summed E-state index contributed by atoms with van der Waals surface area (Å²) in [5, 5.41) is 0. The summed E-state index contributed by atoms with van der Waals surface area (Å²) in [4.78, 5) is 10.6. The van der Waals surface area contributed by atoms with Crippen LogP contribution in [0.3, 0.4) is 0 Å². The van der Waals surface area contributed by atoms with Crippen molar-refractivity contribution in [3.8, 4) is 5.75 Å². The molecule has 0 atom stereocenters. The normalized spacial score (nSPS) is 12.0. The Morgan fingerprint density at radius 1 is 1.36 bits per heavy atom. The Labute approximate surface area is 83.0 Å². The SMILES string of the molecule is C1CO1.C=CC(=O)Oc1ccccc1. The van der Waals surface area contributed by atoms with Crippen molar-refractivity contribution in [1.29, 1.82) is 0 Å². The first-order valence-electron chi connectivity index (χ1n) is 4.30. The van der Waals surface area contributed by atoms with Gasteiger partial charge in [0.2, 0.25) is 0 Å². The lowest BCUT2D eigenvalue weighted by molar-refractivity contribution is -0.128. The first-order chi connectivity index (χ1) is 6.83. The van der Waals surface area contributed by atoms with Crippen LogP contribution in [0.15, 0.2) is 43.0 Å². The van der Waals surface area contributed by atoms with Crippen molar-refractivity contribution < 1.29 is 14.3 Å². The maximum atomic E-state index is 10.6. The molecule has 1 aromatic carbocycles. The Morgan fingerprint density at radius 2 is 1.93 bits per heavy atom. The molecule has 0 amide bonds. The minimum atomic E-state index is -0.434. The fourth-order valence-corrected chi connectivity index (χ4v) is 0.646. The molecule has 0 aromatic heterocycles. The lowest BCUT2D eigenvalue weighted by atomic mass is 10.3. The highest BCUT2D eigenvalue weighted by molar-refractivity contribution is 5.83. The van der Waals surface area contributed by atoms with Gasteiger partial charge in [-0.1, -0.05) is 24.8 Å².